The highest BCUT2D eigenvalue weighted by molar-refractivity contribution is 5.27. The molecule has 1 heteroatoms. The molecule has 0 spiro atoms. The Kier molecular flexibility index (Phi) is 3.19. The Morgan fingerprint density at radius 1 is 1.17 bits per heavy atom. The molecule has 0 radical (unpaired) electrons. The zero-order valence-corrected chi connectivity index (χ0v) is 11.7. The van der Waals surface area contributed by atoms with Gasteiger partial charge in [-0.2, -0.15) is 0 Å². The van der Waals surface area contributed by atoms with Crippen molar-refractivity contribution < 1.29 is 0 Å². The summed E-state index contributed by atoms with van der Waals surface area (Å²) in [6.45, 7) is 7.45. The van der Waals surface area contributed by atoms with Gasteiger partial charge in [-0.3, -0.25) is 4.90 Å². The summed E-state index contributed by atoms with van der Waals surface area (Å²) in [6, 6.07) is 11.9. The molecule has 0 bridgehead atoms. The van der Waals surface area contributed by atoms with Crippen molar-refractivity contribution in [3.63, 3.8) is 0 Å². The van der Waals surface area contributed by atoms with E-state index in [9.17, 15) is 0 Å². The van der Waals surface area contributed by atoms with Crippen molar-refractivity contribution in [1.82, 2.24) is 4.90 Å². The molecule has 1 aliphatic carbocycles. The Labute approximate surface area is 111 Å². The number of hydrogen-bond donors (Lipinski definition) is 0. The Hall–Kier alpha value is -0.820. The van der Waals surface area contributed by atoms with Gasteiger partial charge in [0.1, 0.15) is 0 Å². The van der Waals surface area contributed by atoms with E-state index in [0.29, 0.717) is 5.41 Å². The first-order valence-corrected chi connectivity index (χ1v) is 7.51. The third kappa shape index (κ3) is 2.33. The quantitative estimate of drug-likeness (QED) is 0.774. The van der Waals surface area contributed by atoms with E-state index >= 15 is 0 Å². The van der Waals surface area contributed by atoms with Crippen LogP contribution in [0, 0.1) is 5.41 Å². The minimum absolute atomic E-state index is 0.619. The molecule has 0 N–H and O–H groups in total. The highest BCUT2D eigenvalue weighted by Gasteiger charge is 2.44. The first-order chi connectivity index (χ1) is 8.72. The van der Waals surface area contributed by atoms with E-state index in [1.54, 1.807) is 5.56 Å². The van der Waals surface area contributed by atoms with Crippen molar-refractivity contribution in [3.8, 4) is 0 Å². The lowest BCUT2D eigenvalue weighted by Gasteiger charge is -2.39. The fraction of sp³-hybridized carbons (Fsp3) is 0.647. The molecule has 98 valence electrons. The Balaban J connectivity index is 1.57. The average molecular weight is 243 g/mol. The van der Waals surface area contributed by atoms with Crippen molar-refractivity contribution in [2.24, 2.45) is 5.41 Å². The van der Waals surface area contributed by atoms with Gasteiger partial charge >= 0.3 is 0 Å². The van der Waals surface area contributed by atoms with Gasteiger partial charge in [-0.1, -0.05) is 50.6 Å². The second-order valence-corrected chi connectivity index (χ2v) is 6.52. The molecule has 2 fully saturated rings. The van der Waals surface area contributed by atoms with Crippen molar-refractivity contribution >= 4 is 0 Å². The summed E-state index contributed by atoms with van der Waals surface area (Å²) < 4.78 is 0. The molecular weight excluding hydrogens is 218 g/mol. The molecule has 0 aromatic heterocycles. The lowest BCUT2D eigenvalue weighted by atomic mass is 9.78. The molecule has 2 aliphatic rings. The van der Waals surface area contributed by atoms with Gasteiger partial charge in [0.15, 0.2) is 0 Å². The fourth-order valence-corrected chi connectivity index (χ4v) is 3.39. The van der Waals surface area contributed by atoms with Crippen LogP contribution in [0.4, 0.5) is 0 Å². The number of nitrogens with zero attached hydrogens (tertiary/aromatic N) is 1. The Morgan fingerprint density at radius 2 is 1.83 bits per heavy atom. The van der Waals surface area contributed by atoms with Crippen LogP contribution in [0.15, 0.2) is 30.3 Å². The normalized spacial score (nSPS) is 31.2. The molecule has 1 aromatic rings. The summed E-state index contributed by atoms with van der Waals surface area (Å²) in [5, 5.41) is 0. The topological polar surface area (TPSA) is 3.24 Å². The summed E-state index contributed by atoms with van der Waals surface area (Å²) in [4.78, 5) is 2.75. The van der Waals surface area contributed by atoms with Gasteiger partial charge < -0.3 is 0 Å². The van der Waals surface area contributed by atoms with Crippen LogP contribution in [0.5, 0.6) is 0 Å². The van der Waals surface area contributed by atoms with E-state index in [1.165, 1.54) is 38.8 Å². The number of hydrogen-bond acceptors (Lipinski definition) is 1. The van der Waals surface area contributed by atoms with Crippen molar-refractivity contribution in [2.75, 3.05) is 13.1 Å². The predicted molar refractivity (Wildman–Crippen MR) is 76.8 cm³/mol. The maximum atomic E-state index is 2.75. The molecule has 2 atom stereocenters. The van der Waals surface area contributed by atoms with Crippen LogP contribution < -0.4 is 0 Å². The third-order valence-corrected chi connectivity index (χ3v) is 5.31. The van der Waals surface area contributed by atoms with Crippen molar-refractivity contribution in [3.05, 3.63) is 35.9 Å². The zero-order valence-electron chi connectivity index (χ0n) is 11.7. The van der Waals surface area contributed by atoms with Gasteiger partial charge in [0.2, 0.25) is 0 Å². The second kappa shape index (κ2) is 4.70. The van der Waals surface area contributed by atoms with Crippen LogP contribution in [0.1, 0.15) is 51.0 Å². The Morgan fingerprint density at radius 3 is 2.44 bits per heavy atom. The minimum Gasteiger partial charge on any atom is -0.300 e. The summed E-state index contributed by atoms with van der Waals surface area (Å²) in [7, 11) is 0. The Bertz CT molecular complexity index is 389. The summed E-state index contributed by atoms with van der Waals surface area (Å²) in [5.41, 5.74) is 2.17. The van der Waals surface area contributed by atoms with Crippen LogP contribution in [-0.4, -0.2) is 24.0 Å². The number of likely N-dealkylation sites (tertiary alicyclic amines) is 1. The first-order valence-electron chi connectivity index (χ1n) is 7.51. The molecular formula is C17H25N. The van der Waals surface area contributed by atoms with Crippen LogP contribution in [0.25, 0.3) is 0 Å². The van der Waals surface area contributed by atoms with Gasteiger partial charge in [0, 0.05) is 12.0 Å². The van der Waals surface area contributed by atoms with E-state index in [2.05, 4.69) is 49.1 Å². The van der Waals surface area contributed by atoms with Gasteiger partial charge in [0.25, 0.3) is 0 Å². The van der Waals surface area contributed by atoms with Crippen LogP contribution in [0.2, 0.25) is 0 Å². The fourth-order valence-electron chi connectivity index (χ4n) is 3.39. The minimum atomic E-state index is 0.619. The van der Waals surface area contributed by atoms with Gasteiger partial charge in [0.05, 0.1) is 0 Å². The molecule has 1 nitrogen and oxygen atoms in total. The molecule has 1 aromatic carbocycles. The maximum Gasteiger partial charge on any atom is 0.0171 e. The SMILES string of the molecule is CCC1(C)CCN(C2CC2c2ccccc2)CC1. The summed E-state index contributed by atoms with van der Waals surface area (Å²) in [6.07, 6.45) is 5.50. The molecule has 18 heavy (non-hydrogen) atoms. The zero-order chi connectivity index (χ0) is 12.6. The largest absolute Gasteiger partial charge is 0.300 e. The van der Waals surface area contributed by atoms with E-state index < -0.39 is 0 Å². The highest BCUT2D eigenvalue weighted by atomic mass is 15.2. The molecule has 1 aliphatic heterocycles. The van der Waals surface area contributed by atoms with Crippen molar-refractivity contribution in [1.29, 1.82) is 0 Å². The van der Waals surface area contributed by atoms with Gasteiger partial charge in [-0.15, -0.1) is 0 Å². The second-order valence-electron chi connectivity index (χ2n) is 6.52. The van der Waals surface area contributed by atoms with Gasteiger partial charge in [-0.25, -0.2) is 0 Å². The molecule has 1 saturated heterocycles. The van der Waals surface area contributed by atoms with E-state index in [-0.39, 0.29) is 0 Å². The van der Waals surface area contributed by atoms with Crippen molar-refractivity contribution in [2.45, 2.75) is 51.5 Å². The highest BCUT2D eigenvalue weighted by Crippen LogP contribution is 2.47. The van der Waals surface area contributed by atoms with E-state index in [1.807, 2.05) is 0 Å². The number of benzene rings is 1. The lowest BCUT2D eigenvalue weighted by molar-refractivity contribution is 0.108. The molecule has 1 heterocycles. The lowest BCUT2D eigenvalue weighted by Crippen LogP contribution is -2.40. The van der Waals surface area contributed by atoms with Crippen LogP contribution >= 0.6 is 0 Å². The molecule has 0 amide bonds. The maximum absolute atomic E-state index is 2.75. The monoisotopic (exact) mass is 243 g/mol. The third-order valence-electron chi connectivity index (χ3n) is 5.31. The predicted octanol–water partition coefficient (Wildman–Crippen LogP) is 4.05. The standard InChI is InChI=1S/C17H25N/c1-3-17(2)9-11-18(12-10-17)16-13-15(16)14-7-5-4-6-8-14/h4-8,15-16H,3,9-13H2,1-2H3. The smallest absolute Gasteiger partial charge is 0.0171 e. The van der Waals surface area contributed by atoms with Crippen LogP contribution in [0.3, 0.4) is 0 Å². The van der Waals surface area contributed by atoms with E-state index in [0.717, 1.165) is 12.0 Å². The van der Waals surface area contributed by atoms with Crippen LogP contribution in [-0.2, 0) is 0 Å². The van der Waals surface area contributed by atoms with Gasteiger partial charge in [-0.05, 0) is 43.3 Å². The first kappa shape index (κ1) is 12.2. The average Bonchev–Trinajstić information content (AvgIpc) is 3.21. The van der Waals surface area contributed by atoms with E-state index in [4.69, 9.17) is 0 Å². The number of piperidine rings is 1. The summed E-state index contributed by atoms with van der Waals surface area (Å²) in [5.74, 6) is 0.817. The molecule has 2 unspecified atom stereocenters. The summed E-state index contributed by atoms with van der Waals surface area (Å²) >= 11 is 0. The molecule has 3 rings (SSSR count). The molecule has 1 saturated carbocycles. The number of rotatable bonds is 3.